The van der Waals surface area contributed by atoms with Crippen LogP contribution < -0.4 is 9.64 Å². The van der Waals surface area contributed by atoms with Gasteiger partial charge in [0, 0.05) is 32.5 Å². The number of rotatable bonds is 12. The standard InChI is InChI=1S/C27H37NO4/c1-3-4-15-31-17-18-32-26-10-7-23(8-11-26)24-9-12-27-25(20-24)19-22(21-29)6-5-13-28(27)14-16-30-2/h7-12,19-20,29H,3-6,13-18,21H2,1-2H3/b22-19+. The number of anilines is 1. The van der Waals surface area contributed by atoms with Crippen LogP contribution in [0.25, 0.3) is 17.2 Å². The van der Waals surface area contributed by atoms with E-state index >= 15 is 0 Å². The van der Waals surface area contributed by atoms with Gasteiger partial charge in [-0.3, -0.25) is 0 Å². The summed E-state index contributed by atoms with van der Waals surface area (Å²) < 4.78 is 16.7. The summed E-state index contributed by atoms with van der Waals surface area (Å²) in [5.41, 5.74) is 5.72. The molecule has 32 heavy (non-hydrogen) atoms. The molecule has 0 amide bonds. The van der Waals surface area contributed by atoms with Crippen LogP contribution in [0.15, 0.2) is 48.0 Å². The molecule has 0 bridgehead atoms. The molecule has 2 aromatic carbocycles. The van der Waals surface area contributed by atoms with Crippen molar-refractivity contribution in [3.63, 3.8) is 0 Å². The van der Waals surface area contributed by atoms with Crippen molar-refractivity contribution in [2.45, 2.75) is 32.6 Å². The predicted octanol–water partition coefficient (Wildman–Crippen LogP) is 5.17. The Morgan fingerprint density at radius 2 is 1.78 bits per heavy atom. The topological polar surface area (TPSA) is 51.2 Å². The average molecular weight is 440 g/mol. The monoisotopic (exact) mass is 439 g/mol. The van der Waals surface area contributed by atoms with Crippen molar-refractivity contribution < 1.29 is 19.3 Å². The zero-order chi connectivity index (χ0) is 22.6. The van der Waals surface area contributed by atoms with Gasteiger partial charge in [-0.2, -0.15) is 0 Å². The SMILES string of the molecule is CCCCOCCOc1ccc(-c2ccc3c(c2)/C=C(/CO)CCCN3CCOC)cc1. The van der Waals surface area contributed by atoms with Crippen LogP contribution in [0.4, 0.5) is 5.69 Å². The van der Waals surface area contributed by atoms with Gasteiger partial charge in [0.2, 0.25) is 0 Å². The summed E-state index contributed by atoms with van der Waals surface area (Å²) in [5.74, 6) is 0.854. The highest BCUT2D eigenvalue weighted by atomic mass is 16.5. The predicted molar refractivity (Wildman–Crippen MR) is 131 cm³/mol. The maximum Gasteiger partial charge on any atom is 0.119 e. The number of nitrogens with zero attached hydrogens (tertiary/aromatic N) is 1. The van der Waals surface area contributed by atoms with Crippen molar-refractivity contribution in [1.29, 1.82) is 0 Å². The van der Waals surface area contributed by atoms with Gasteiger partial charge in [0.25, 0.3) is 0 Å². The third kappa shape index (κ3) is 7.09. The van der Waals surface area contributed by atoms with E-state index in [2.05, 4.69) is 48.2 Å². The average Bonchev–Trinajstić information content (AvgIpc) is 2.81. The van der Waals surface area contributed by atoms with Crippen LogP contribution in [0.5, 0.6) is 5.75 Å². The molecular weight excluding hydrogens is 402 g/mol. The van der Waals surface area contributed by atoms with Gasteiger partial charge in [0.05, 0.1) is 19.8 Å². The molecule has 0 unspecified atom stereocenters. The number of unbranched alkanes of at least 4 members (excludes halogenated alkanes) is 1. The van der Waals surface area contributed by atoms with Crippen LogP contribution >= 0.6 is 0 Å². The zero-order valence-electron chi connectivity index (χ0n) is 19.5. The number of benzene rings is 2. The molecule has 0 aromatic heterocycles. The Morgan fingerprint density at radius 1 is 0.969 bits per heavy atom. The molecule has 2 aromatic rings. The molecule has 5 nitrogen and oxygen atoms in total. The highest BCUT2D eigenvalue weighted by molar-refractivity contribution is 5.77. The van der Waals surface area contributed by atoms with E-state index in [9.17, 15) is 5.11 Å². The summed E-state index contributed by atoms with van der Waals surface area (Å²) in [4.78, 5) is 2.38. The van der Waals surface area contributed by atoms with Crippen LogP contribution in [0.3, 0.4) is 0 Å². The van der Waals surface area contributed by atoms with E-state index < -0.39 is 0 Å². The lowest BCUT2D eigenvalue weighted by Gasteiger charge is -2.29. The van der Waals surface area contributed by atoms with Crippen molar-refractivity contribution in [2.24, 2.45) is 0 Å². The molecule has 5 heteroatoms. The fourth-order valence-electron chi connectivity index (χ4n) is 3.92. The first-order chi connectivity index (χ1) is 15.7. The number of hydrogen-bond acceptors (Lipinski definition) is 5. The summed E-state index contributed by atoms with van der Waals surface area (Å²) in [6.07, 6.45) is 6.33. The molecule has 0 spiro atoms. The second kappa shape index (κ2) is 13.3. The van der Waals surface area contributed by atoms with E-state index in [4.69, 9.17) is 14.2 Å². The van der Waals surface area contributed by atoms with Crippen LogP contribution in [-0.4, -0.2) is 58.3 Å². The van der Waals surface area contributed by atoms with Crippen molar-refractivity contribution in [3.8, 4) is 16.9 Å². The molecule has 0 saturated carbocycles. The Labute approximate surface area is 192 Å². The highest BCUT2D eigenvalue weighted by Crippen LogP contribution is 2.32. The van der Waals surface area contributed by atoms with Gasteiger partial charge >= 0.3 is 0 Å². The number of hydrogen-bond donors (Lipinski definition) is 1. The van der Waals surface area contributed by atoms with E-state index in [0.717, 1.165) is 73.4 Å². The molecule has 0 aliphatic carbocycles. The molecule has 1 aliphatic heterocycles. The number of aliphatic hydroxyl groups is 1. The Bertz CT molecular complexity index is 847. The lowest BCUT2D eigenvalue weighted by atomic mass is 9.97. The second-order valence-electron chi connectivity index (χ2n) is 8.16. The van der Waals surface area contributed by atoms with Gasteiger partial charge in [0.15, 0.2) is 0 Å². The van der Waals surface area contributed by atoms with Gasteiger partial charge in [-0.1, -0.05) is 37.6 Å². The summed E-state index contributed by atoms with van der Waals surface area (Å²) in [5, 5.41) is 9.76. The minimum absolute atomic E-state index is 0.107. The van der Waals surface area contributed by atoms with Gasteiger partial charge in [-0.25, -0.2) is 0 Å². The van der Waals surface area contributed by atoms with Crippen molar-refractivity contribution in [3.05, 3.63) is 53.6 Å². The largest absolute Gasteiger partial charge is 0.491 e. The summed E-state index contributed by atoms with van der Waals surface area (Å²) in [6.45, 7) is 6.76. The molecular formula is C27H37NO4. The summed E-state index contributed by atoms with van der Waals surface area (Å²) in [6, 6.07) is 14.8. The Morgan fingerprint density at radius 3 is 2.53 bits per heavy atom. The van der Waals surface area contributed by atoms with E-state index in [1.54, 1.807) is 7.11 Å². The molecule has 1 N–H and O–H groups in total. The lowest BCUT2D eigenvalue weighted by molar-refractivity contribution is 0.0981. The number of methoxy groups -OCH3 is 1. The summed E-state index contributed by atoms with van der Waals surface area (Å²) >= 11 is 0. The third-order valence-electron chi connectivity index (χ3n) is 5.75. The van der Waals surface area contributed by atoms with Crippen LogP contribution in [-0.2, 0) is 9.47 Å². The van der Waals surface area contributed by atoms with Crippen LogP contribution in [0.2, 0.25) is 0 Å². The van der Waals surface area contributed by atoms with Crippen molar-refractivity contribution >= 4 is 11.8 Å². The van der Waals surface area contributed by atoms with Gasteiger partial charge in [-0.15, -0.1) is 0 Å². The quantitative estimate of drug-likeness (QED) is 0.462. The van der Waals surface area contributed by atoms with Gasteiger partial charge in [0.1, 0.15) is 12.4 Å². The fourth-order valence-corrected chi connectivity index (χ4v) is 3.92. The highest BCUT2D eigenvalue weighted by Gasteiger charge is 2.15. The first-order valence-corrected chi connectivity index (χ1v) is 11.7. The second-order valence-corrected chi connectivity index (χ2v) is 8.16. The maximum absolute atomic E-state index is 9.76. The lowest BCUT2D eigenvalue weighted by Crippen LogP contribution is -2.29. The smallest absolute Gasteiger partial charge is 0.119 e. The Hall–Kier alpha value is -2.34. The minimum Gasteiger partial charge on any atom is -0.491 e. The molecule has 1 aliphatic rings. The molecule has 174 valence electrons. The van der Waals surface area contributed by atoms with E-state index in [1.807, 2.05) is 12.1 Å². The Balaban J connectivity index is 1.72. The first kappa shape index (κ1) is 24.3. The molecule has 3 rings (SSSR count). The molecule has 0 atom stereocenters. The van der Waals surface area contributed by atoms with Crippen LogP contribution in [0, 0.1) is 0 Å². The summed E-state index contributed by atoms with van der Waals surface area (Å²) in [7, 11) is 1.74. The van der Waals surface area contributed by atoms with Crippen molar-refractivity contribution in [1.82, 2.24) is 0 Å². The fraction of sp³-hybridized carbons (Fsp3) is 0.481. The molecule has 0 radical (unpaired) electrons. The molecule has 0 fully saturated rings. The normalized spacial score (nSPS) is 15.5. The van der Waals surface area contributed by atoms with Crippen molar-refractivity contribution in [2.75, 3.05) is 58.1 Å². The maximum atomic E-state index is 9.76. The minimum atomic E-state index is 0.107. The van der Waals surface area contributed by atoms with E-state index in [-0.39, 0.29) is 6.61 Å². The zero-order valence-corrected chi connectivity index (χ0v) is 19.5. The molecule has 0 saturated heterocycles. The number of aliphatic hydroxyl groups excluding tert-OH is 1. The first-order valence-electron chi connectivity index (χ1n) is 11.7. The number of ether oxygens (including phenoxy) is 3. The molecule has 1 heterocycles. The van der Waals surface area contributed by atoms with E-state index in [1.165, 1.54) is 5.69 Å². The van der Waals surface area contributed by atoms with Gasteiger partial charge < -0.3 is 24.2 Å². The Kier molecular flexibility index (Phi) is 10.1. The number of fused-ring (bicyclic) bond motifs is 1. The van der Waals surface area contributed by atoms with Gasteiger partial charge in [-0.05, 0) is 65.8 Å². The van der Waals surface area contributed by atoms with Crippen LogP contribution in [0.1, 0.15) is 38.2 Å². The van der Waals surface area contributed by atoms with E-state index in [0.29, 0.717) is 19.8 Å². The third-order valence-corrected chi connectivity index (χ3v) is 5.75.